The van der Waals surface area contributed by atoms with Crippen LogP contribution in [0.3, 0.4) is 0 Å². The van der Waals surface area contributed by atoms with Crippen molar-refractivity contribution in [2.75, 3.05) is 13.1 Å². The van der Waals surface area contributed by atoms with E-state index in [0.29, 0.717) is 0 Å². The van der Waals surface area contributed by atoms with Crippen molar-refractivity contribution in [1.82, 2.24) is 4.90 Å². The summed E-state index contributed by atoms with van der Waals surface area (Å²) in [5, 5.41) is 0.943. The van der Waals surface area contributed by atoms with Crippen LogP contribution in [0.25, 0.3) is 0 Å². The van der Waals surface area contributed by atoms with Gasteiger partial charge in [0.15, 0.2) is 0 Å². The van der Waals surface area contributed by atoms with Crippen molar-refractivity contribution in [3.8, 4) is 0 Å². The fourth-order valence-corrected chi connectivity index (χ4v) is 1.81. The van der Waals surface area contributed by atoms with Crippen LogP contribution in [0.1, 0.15) is 25.0 Å². The number of rotatable bonds is 5. The normalized spacial score (nSPS) is 10.1. The lowest BCUT2D eigenvalue weighted by atomic mass is 10.1. The number of benzene rings is 1. The Morgan fingerprint density at radius 2 is 1.47 bits per heavy atom. The summed E-state index contributed by atoms with van der Waals surface area (Å²) in [7, 11) is 0. The smallest absolute Gasteiger partial charge is 0.0283 e. The van der Waals surface area contributed by atoms with E-state index in [-0.39, 0.29) is 17.0 Å². The zero-order valence-electron chi connectivity index (χ0n) is 9.37. The van der Waals surface area contributed by atoms with Gasteiger partial charge in [-0.25, -0.2) is 0 Å². The second kappa shape index (κ2) is 8.31. The molecule has 0 radical (unpaired) electrons. The van der Waals surface area contributed by atoms with Gasteiger partial charge in [-0.1, -0.05) is 54.0 Å². The van der Waals surface area contributed by atoms with Crippen LogP contribution < -0.4 is 0 Å². The molecule has 0 aliphatic rings. The highest BCUT2D eigenvalue weighted by Gasteiger charge is 2.00. The molecule has 15 heavy (non-hydrogen) atoms. The van der Waals surface area contributed by atoms with Crippen LogP contribution in [0.2, 0.25) is 0 Å². The summed E-state index contributed by atoms with van der Waals surface area (Å²) in [6.45, 7) is 7.72. The second-order valence-corrected chi connectivity index (χ2v) is 3.97. The molecule has 0 heterocycles. The van der Waals surface area contributed by atoms with Crippen molar-refractivity contribution in [3.05, 3.63) is 35.4 Å². The van der Waals surface area contributed by atoms with Gasteiger partial charge in [0.05, 0.1) is 0 Å². The van der Waals surface area contributed by atoms with Crippen LogP contribution in [0.4, 0.5) is 0 Å². The zero-order valence-corrected chi connectivity index (χ0v) is 12.7. The zero-order chi connectivity index (χ0) is 10.4. The molecule has 1 aromatic rings. The maximum atomic E-state index is 3.45. The van der Waals surface area contributed by atoms with Crippen molar-refractivity contribution < 1.29 is 0 Å². The monoisotopic (exact) mass is 335 g/mol. The van der Waals surface area contributed by atoms with E-state index in [2.05, 4.69) is 58.9 Å². The number of halogens is 2. The van der Waals surface area contributed by atoms with E-state index in [9.17, 15) is 0 Å². The lowest BCUT2D eigenvalue weighted by Gasteiger charge is -2.17. The summed E-state index contributed by atoms with van der Waals surface area (Å²) in [5.74, 6) is 0. The van der Waals surface area contributed by atoms with Crippen LogP contribution in [-0.4, -0.2) is 18.0 Å². The average molecular weight is 337 g/mol. The van der Waals surface area contributed by atoms with Gasteiger partial charge in [0, 0.05) is 11.9 Å². The summed E-state index contributed by atoms with van der Waals surface area (Å²) in [6.07, 6.45) is 0. The third kappa shape index (κ3) is 5.14. The molecular weight excluding hydrogens is 318 g/mol. The van der Waals surface area contributed by atoms with Gasteiger partial charge in [-0.15, -0.1) is 17.0 Å². The van der Waals surface area contributed by atoms with Crippen LogP contribution >= 0.6 is 32.9 Å². The highest BCUT2D eigenvalue weighted by Crippen LogP contribution is 2.09. The Morgan fingerprint density at radius 1 is 1.00 bits per heavy atom. The molecule has 0 bridgehead atoms. The summed E-state index contributed by atoms with van der Waals surface area (Å²) >= 11 is 3.45. The highest BCUT2D eigenvalue weighted by molar-refractivity contribution is 9.08. The summed E-state index contributed by atoms with van der Waals surface area (Å²) in [4.78, 5) is 2.42. The van der Waals surface area contributed by atoms with Gasteiger partial charge in [0.2, 0.25) is 0 Å². The number of alkyl halides is 1. The summed E-state index contributed by atoms with van der Waals surface area (Å²) < 4.78 is 0. The van der Waals surface area contributed by atoms with Gasteiger partial charge in [-0.2, -0.15) is 0 Å². The predicted octanol–water partition coefficient (Wildman–Crippen LogP) is 4.00. The Bertz CT molecular complexity index is 255. The van der Waals surface area contributed by atoms with Gasteiger partial charge in [-0.3, -0.25) is 4.90 Å². The number of nitrogens with zero attached hydrogens (tertiary/aromatic N) is 1. The molecule has 0 aliphatic carbocycles. The lowest BCUT2D eigenvalue weighted by Crippen LogP contribution is -2.21. The molecule has 0 spiro atoms. The van der Waals surface area contributed by atoms with Crippen molar-refractivity contribution in [1.29, 1.82) is 0 Å². The average Bonchev–Trinajstić information content (AvgIpc) is 2.26. The molecule has 0 N–H and O–H groups in total. The van der Waals surface area contributed by atoms with E-state index < -0.39 is 0 Å². The van der Waals surface area contributed by atoms with E-state index in [1.165, 1.54) is 11.1 Å². The molecule has 0 aliphatic heterocycles. The molecule has 1 rings (SSSR count). The maximum absolute atomic E-state index is 3.45. The molecule has 1 nitrogen and oxygen atoms in total. The topological polar surface area (TPSA) is 3.24 Å². The Morgan fingerprint density at radius 3 is 1.87 bits per heavy atom. The fraction of sp³-hybridized carbons (Fsp3) is 0.500. The largest absolute Gasteiger partial charge is 0.300 e. The van der Waals surface area contributed by atoms with Crippen molar-refractivity contribution >= 4 is 32.9 Å². The molecule has 0 saturated carbocycles. The first-order valence-corrected chi connectivity index (χ1v) is 6.28. The van der Waals surface area contributed by atoms with Crippen molar-refractivity contribution in [3.63, 3.8) is 0 Å². The van der Waals surface area contributed by atoms with E-state index in [1.807, 2.05) is 0 Å². The van der Waals surface area contributed by atoms with Crippen LogP contribution in [-0.2, 0) is 11.9 Å². The Balaban J connectivity index is 0.00000196. The molecule has 0 atom stereocenters. The van der Waals surface area contributed by atoms with Gasteiger partial charge in [0.1, 0.15) is 0 Å². The Hall–Kier alpha value is 0.140. The molecular formula is C12H19Br2N. The molecule has 0 unspecified atom stereocenters. The van der Waals surface area contributed by atoms with Gasteiger partial charge < -0.3 is 0 Å². The molecule has 0 fully saturated rings. The van der Waals surface area contributed by atoms with Gasteiger partial charge >= 0.3 is 0 Å². The SMILES string of the molecule is Br.CCN(CC)Cc1ccc(CBr)cc1. The third-order valence-electron chi connectivity index (χ3n) is 2.48. The minimum absolute atomic E-state index is 0. The highest BCUT2D eigenvalue weighted by atomic mass is 79.9. The van der Waals surface area contributed by atoms with Crippen molar-refractivity contribution in [2.24, 2.45) is 0 Å². The molecule has 3 heteroatoms. The van der Waals surface area contributed by atoms with E-state index in [0.717, 1.165) is 25.0 Å². The van der Waals surface area contributed by atoms with E-state index in [4.69, 9.17) is 0 Å². The maximum Gasteiger partial charge on any atom is 0.0283 e. The van der Waals surface area contributed by atoms with E-state index >= 15 is 0 Å². The first kappa shape index (κ1) is 15.1. The number of hydrogen-bond acceptors (Lipinski definition) is 1. The quantitative estimate of drug-likeness (QED) is 0.734. The summed E-state index contributed by atoms with van der Waals surface area (Å²) in [5.41, 5.74) is 2.74. The standard InChI is InChI=1S/C12H18BrN.BrH/c1-3-14(4-2)10-12-7-5-11(9-13)6-8-12;/h5-8H,3-4,9-10H2,1-2H3;1H. The first-order chi connectivity index (χ1) is 6.80. The molecule has 0 amide bonds. The minimum atomic E-state index is 0. The van der Waals surface area contributed by atoms with Crippen LogP contribution in [0.5, 0.6) is 0 Å². The van der Waals surface area contributed by atoms with Gasteiger partial charge in [-0.05, 0) is 24.2 Å². The molecule has 0 aromatic heterocycles. The molecule has 0 saturated heterocycles. The molecule has 1 aromatic carbocycles. The Labute approximate surface area is 112 Å². The first-order valence-electron chi connectivity index (χ1n) is 5.16. The van der Waals surface area contributed by atoms with Crippen LogP contribution in [0.15, 0.2) is 24.3 Å². The van der Waals surface area contributed by atoms with E-state index in [1.54, 1.807) is 0 Å². The lowest BCUT2D eigenvalue weighted by molar-refractivity contribution is 0.296. The van der Waals surface area contributed by atoms with Gasteiger partial charge in [0.25, 0.3) is 0 Å². The Kier molecular flexibility index (Phi) is 8.39. The number of hydrogen-bond donors (Lipinski definition) is 0. The minimum Gasteiger partial charge on any atom is -0.300 e. The second-order valence-electron chi connectivity index (χ2n) is 3.41. The third-order valence-corrected chi connectivity index (χ3v) is 3.13. The van der Waals surface area contributed by atoms with Crippen LogP contribution in [0, 0.1) is 0 Å². The predicted molar refractivity (Wildman–Crippen MR) is 76.0 cm³/mol. The fourth-order valence-electron chi connectivity index (χ4n) is 1.44. The molecule has 86 valence electrons. The van der Waals surface area contributed by atoms with Crippen molar-refractivity contribution in [2.45, 2.75) is 25.7 Å². The summed E-state index contributed by atoms with van der Waals surface area (Å²) in [6, 6.07) is 8.81.